The van der Waals surface area contributed by atoms with Crippen molar-refractivity contribution in [3.63, 3.8) is 0 Å². The van der Waals surface area contributed by atoms with Crippen LogP contribution in [-0.4, -0.2) is 18.7 Å². The monoisotopic (exact) mass is 617 g/mol. The minimum atomic E-state index is 0.192. The van der Waals surface area contributed by atoms with Crippen LogP contribution in [-0.2, 0) is 0 Å². The molecular formula is C45H35N3. The number of hydrogen-bond donors (Lipinski definition) is 2. The molecule has 7 rings (SSSR count). The molecule has 48 heavy (non-hydrogen) atoms. The maximum atomic E-state index is 9.17. The predicted molar refractivity (Wildman–Crippen MR) is 202 cm³/mol. The first-order chi connectivity index (χ1) is 23.6. The number of amidine groups is 2. The van der Waals surface area contributed by atoms with Crippen LogP contribution in [0.15, 0.2) is 187 Å². The van der Waals surface area contributed by atoms with Gasteiger partial charge in [-0.15, -0.1) is 0 Å². The molecule has 0 aromatic heterocycles. The van der Waals surface area contributed by atoms with E-state index in [1.807, 2.05) is 61.6 Å². The van der Waals surface area contributed by atoms with Crippen molar-refractivity contribution in [3.05, 3.63) is 193 Å². The van der Waals surface area contributed by atoms with E-state index < -0.39 is 0 Å². The highest BCUT2D eigenvalue weighted by molar-refractivity contribution is 6.11. The van der Waals surface area contributed by atoms with E-state index in [2.05, 4.69) is 133 Å². The van der Waals surface area contributed by atoms with Crippen molar-refractivity contribution in [1.82, 2.24) is 5.32 Å². The molecule has 0 aliphatic rings. The lowest BCUT2D eigenvalue weighted by Gasteiger charge is -2.14. The first kappa shape index (κ1) is 30.3. The van der Waals surface area contributed by atoms with Gasteiger partial charge in [0.25, 0.3) is 0 Å². The minimum Gasteiger partial charge on any atom is -0.373 e. The summed E-state index contributed by atoms with van der Waals surface area (Å²) in [6, 6.07) is 63.0. The van der Waals surface area contributed by atoms with E-state index >= 15 is 0 Å². The predicted octanol–water partition coefficient (Wildman–Crippen LogP) is 11.0. The molecule has 0 aliphatic heterocycles. The maximum absolute atomic E-state index is 9.17. The molecule has 0 fully saturated rings. The van der Waals surface area contributed by atoms with E-state index in [4.69, 9.17) is 10.4 Å². The SMILES string of the molecule is CNC(=NC(=N)c1cc(-c2ccccc2)cc(-c2ccccc2)c1)c1cccc(-c2cc(-c3ccccc3)cc(-c3ccccc3)c2)c1. The lowest BCUT2D eigenvalue weighted by atomic mass is 9.93. The average Bonchev–Trinajstić information content (AvgIpc) is 3.18. The van der Waals surface area contributed by atoms with Gasteiger partial charge in [0, 0.05) is 18.2 Å². The third-order valence-electron chi connectivity index (χ3n) is 8.50. The minimum absolute atomic E-state index is 0.192. The molecule has 0 spiro atoms. The van der Waals surface area contributed by atoms with Crippen molar-refractivity contribution in [2.45, 2.75) is 0 Å². The number of hydrogen-bond acceptors (Lipinski definition) is 1. The Morgan fingerprint density at radius 3 is 1.10 bits per heavy atom. The van der Waals surface area contributed by atoms with Crippen LogP contribution in [0, 0.1) is 5.41 Å². The van der Waals surface area contributed by atoms with E-state index in [1.165, 1.54) is 11.1 Å². The Bertz CT molecular complexity index is 2090. The van der Waals surface area contributed by atoms with Crippen LogP contribution < -0.4 is 5.32 Å². The van der Waals surface area contributed by atoms with Crippen LogP contribution >= 0.6 is 0 Å². The molecule has 0 unspecified atom stereocenters. The fourth-order valence-corrected chi connectivity index (χ4v) is 6.03. The van der Waals surface area contributed by atoms with Crippen LogP contribution in [0.1, 0.15) is 11.1 Å². The van der Waals surface area contributed by atoms with Crippen molar-refractivity contribution in [2.75, 3.05) is 7.05 Å². The van der Waals surface area contributed by atoms with Crippen LogP contribution in [0.3, 0.4) is 0 Å². The van der Waals surface area contributed by atoms with Crippen molar-refractivity contribution in [2.24, 2.45) is 4.99 Å². The molecule has 0 saturated carbocycles. The number of nitrogens with zero attached hydrogens (tertiary/aromatic N) is 1. The topological polar surface area (TPSA) is 48.2 Å². The standard InChI is InChI=1S/C45H35N3/c1-47-45(48-44(46)43-30-40(34-19-10-4-11-20-34)27-41(31-43)35-21-12-5-13-22-35)37-24-14-23-36(25-37)42-28-38(32-15-6-2-7-16-32)26-39(29-42)33-17-8-3-9-18-33/h2-31H,1H3,(H2,46,47,48). The van der Waals surface area contributed by atoms with Gasteiger partial charge in [-0.2, -0.15) is 0 Å². The van der Waals surface area contributed by atoms with E-state index in [9.17, 15) is 0 Å². The van der Waals surface area contributed by atoms with Crippen LogP contribution in [0.25, 0.3) is 55.6 Å². The zero-order valence-corrected chi connectivity index (χ0v) is 26.8. The van der Waals surface area contributed by atoms with Gasteiger partial charge < -0.3 is 5.32 Å². The zero-order valence-electron chi connectivity index (χ0n) is 26.8. The molecule has 0 heterocycles. The summed E-state index contributed by atoms with van der Waals surface area (Å²) in [4.78, 5) is 4.86. The summed E-state index contributed by atoms with van der Waals surface area (Å²) >= 11 is 0. The Balaban J connectivity index is 1.28. The Hall–Kier alpha value is -6.32. The molecule has 230 valence electrons. The molecule has 3 nitrogen and oxygen atoms in total. The summed E-state index contributed by atoms with van der Waals surface area (Å²) in [5, 5.41) is 12.4. The Morgan fingerprint density at radius 2 is 0.708 bits per heavy atom. The summed E-state index contributed by atoms with van der Waals surface area (Å²) in [5.41, 5.74) is 12.8. The highest BCUT2D eigenvalue weighted by atomic mass is 15.0. The fraction of sp³-hybridized carbons (Fsp3) is 0.0222. The van der Waals surface area contributed by atoms with Gasteiger partial charge in [-0.05, 0) is 98.1 Å². The second-order valence-electron chi connectivity index (χ2n) is 11.7. The second kappa shape index (κ2) is 14.0. The Kier molecular flexibility index (Phi) is 8.84. The van der Waals surface area contributed by atoms with Crippen molar-refractivity contribution < 1.29 is 0 Å². The number of nitrogens with one attached hydrogen (secondary N) is 2. The van der Waals surface area contributed by atoms with E-state index in [0.29, 0.717) is 5.84 Å². The summed E-state index contributed by atoms with van der Waals surface area (Å²) < 4.78 is 0. The molecule has 0 radical (unpaired) electrons. The normalized spacial score (nSPS) is 11.2. The van der Waals surface area contributed by atoms with E-state index in [-0.39, 0.29) is 5.84 Å². The van der Waals surface area contributed by atoms with Gasteiger partial charge in [-0.3, -0.25) is 5.41 Å². The quantitative estimate of drug-likeness (QED) is 0.136. The summed E-state index contributed by atoms with van der Waals surface area (Å²) in [5.74, 6) is 0.827. The number of aliphatic imine (C=N–C) groups is 1. The first-order valence-electron chi connectivity index (χ1n) is 16.1. The molecule has 0 amide bonds. The highest BCUT2D eigenvalue weighted by Crippen LogP contribution is 2.34. The second-order valence-corrected chi connectivity index (χ2v) is 11.7. The third-order valence-corrected chi connectivity index (χ3v) is 8.50. The third kappa shape index (κ3) is 6.76. The summed E-state index contributed by atoms with van der Waals surface area (Å²) in [6.45, 7) is 0. The number of rotatable bonds is 7. The first-order valence-corrected chi connectivity index (χ1v) is 16.1. The summed E-state index contributed by atoms with van der Waals surface area (Å²) in [6.07, 6.45) is 0. The fourth-order valence-electron chi connectivity index (χ4n) is 6.03. The summed E-state index contributed by atoms with van der Waals surface area (Å²) in [7, 11) is 1.86. The van der Waals surface area contributed by atoms with Gasteiger partial charge in [0.05, 0.1) is 0 Å². The van der Waals surface area contributed by atoms with Crippen LogP contribution in [0.4, 0.5) is 0 Å². The van der Waals surface area contributed by atoms with Gasteiger partial charge in [0.2, 0.25) is 0 Å². The van der Waals surface area contributed by atoms with Crippen LogP contribution in [0.5, 0.6) is 0 Å². The molecule has 2 N–H and O–H groups in total. The largest absolute Gasteiger partial charge is 0.373 e. The molecule has 0 aliphatic carbocycles. The molecule has 7 aromatic carbocycles. The van der Waals surface area contributed by atoms with Gasteiger partial charge in [0.15, 0.2) is 5.84 Å². The molecule has 7 aromatic rings. The van der Waals surface area contributed by atoms with E-state index in [1.54, 1.807) is 0 Å². The molecule has 0 atom stereocenters. The molecule has 3 heteroatoms. The highest BCUT2D eigenvalue weighted by Gasteiger charge is 2.13. The maximum Gasteiger partial charge on any atom is 0.154 e. The Morgan fingerprint density at radius 1 is 0.375 bits per heavy atom. The number of benzene rings is 7. The lowest BCUT2D eigenvalue weighted by molar-refractivity contribution is 1.16. The van der Waals surface area contributed by atoms with Crippen molar-refractivity contribution >= 4 is 11.7 Å². The van der Waals surface area contributed by atoms with Crippen molar-refractivity contribution in [3.8, 4) is 55.6 Å². The van der Waals surface area contributed by atoms with E-state index in [0.717, 1.165) is 55.6 Å². The van der Waals surface area contributed by atoms with Gasteiger partial charge in [-0.1, -0.05) is 140 Å². The molecule has 0 saturated heterocycles. The molecule has 0 bridgehead atoms. The van der Waals surface area contributed by atoms with Crippen molar-refractivity contribution in [1.29, 1.82) is 5.41 Å². The lowest BCUT2D eigenvalue weighted by Crippen LogP contribution is -2.21. The Labute approximate surface area is 282 Å². The van der Waals surface area contributed by atoms with Gasteiger partial charge >= 0.3 is 0 Å². The molecular weight excluding hydrogens is 583 g/mol. The van der Waals surface area contributed by atoms with Crippen LogP contribution in [0.2, 0.25) is 0 Å². The van der Waals surface area contributed by atoms with Gasteiger partial charge in [0.1, 0.15) is 5.84 Å². The smallest absolute Gasteiger partial charge is 0.154 e. The van der Waals surface area contributed by atoms with Gasteiger partial charge in [-0.25, -0.2) is 4.99 Å². The average molecular weight is 618 g/mol. The zero-order chi connectivity index (χ0) is 32.7.